The number of halogens is 1. The predicted molar refractivity (Wildman–Crippen MR) is 147 cm³/mol. The van der Waals surface area contributed by atoms with Crippen LogP contribution < -0.4 is 10.1 Å². The molecule has 2 aromatic carbocycles. The second kappa shape index (κ2) is 10.8. The second-order valence-corrected chi connectivity index (χ2v) is 10.7. The summed E-state index contributed by atoms with van der Waals surface area (Å²) < 4.78 is 23.5. The lowest BCUT2D eigenvalue weighted by molar-refractivity contribution is -0.120. The van der Waals surface area contributed by atoms with Gasteiger partial charge in [-0.2, -0.15) is 0 Å². The van der Waals surface area contributed by atoms with Crippen molar-refractivity contribution >= 4 is 28.3 Å². The highest BCUT2D eigenvalue weighted by molar-refractivity contribution is 6.00. The molecule has 0 bridgehead atoms. The number of benzene rings is 2. The lowest BCUT2D eigenvalue weighted by Crippen LogP contribution is -2.38. The van der Waals surface area contributed by atoms with E-state index in [1.165, 1.54) is 0 Å². The number of nitrogens with one attached hydrogen (secondary N) is 1. The van der Waals surface area contributed by atoms with E-state index >= 15 is 4.39 Å². The minimum atomic E-state index is -1.00. The van der Waals surface area contributed by atoms with Crippen LogP contribution >= 0.6 is 0 Å². The Labute approximate surface area is 222 Å². The van der Waals surface area contributed by atoms with E-state index in [-0.39, 0.29) is 17.3 Å². The average Bonchev–Trinajstić information content (AvgIpc) is 3.18. The largest absolute Gasteiger partial charge is 0.494 e. The number of carbonyl (C=O) groups excluding carboxylic acids is 1. The summed E-state index contributed by atoms with van der Waals surface area (Å²) >= 11 is 0. The van der Waals surface area contributed by atoms with Crippen LogP contribution in [0.2, 0.25) is 0 Å². The first-order valence-electron chi connectivity index (χ1n) is 13.5. The number of anilines is 1. The van der Waals surface area contributed by atoms with Crippen LogP contribution in [-0.4, -0.2) is 65.8 Å². The number of hydrogen-bond donors (Lipinski definition) is 2. The number of aryl methyl sites for hydroxylation is 1. The first kappa shape index (κ1) is 26.2. The first-order chi connectivity index (χ1) is 18.3. The minimum absolute atomic E-state index is 0.0743. The normalized spacial score (nSPS) is 21.2. The van der Waals surface area contributed by atoms with Crippen molar-refractivity contribution in [3.8, 4) is 17.0 Å². The van der Waals surface area contributed by atoms with E-state index in [0.717, 1.165) is 52.7 Å². The van der Waals surface area contributed by atoms with Gasteiger partial charge in [-0.3, -0.25) is 4.79 Å². The van der Waals surface area contributed by atoms with Gasteiger partial charge in [0, 0.05) is 40.7 Å². The van der Waals surface area contributed by atoms with Crippen molar-refractivity contribution in [2.75, 3.05) is 32.6 Å². The lowest BCUT2D eigenvalue weighted by atomic mass is 9.80. The van der Waals surface area contributed by atoms with E-state index in [1.807, 2.05) is 50.2 Å². The summed E-state index contributed by atoms with van der Waals surface area (Å²) in [6.07, 6.45) is 2.66. The van der Waals surface area contributed by atoms with Gasteiger partial charge in [-0.05, 0) is 70.1 Å². The number of hydrogen-bond acceptors (Lipinski definition) is 5. The molecular formula is C30H36FN3O4. The third kappa shape index (κ3) is 4.89. The van der Waals surface area contributed by atoms with E-state index in [4.69, 9.17) is 4.74 Å². The molecule has 2 unspecified atom stereocenters. The summed E-state index contributed by atoms with van der Waals surface area (Å²) in [7, 11) is 3.74. The summed E-state index contributed by atoms with van der Waals surface area (Å²) in [4.78, 5) is 27.0. The molecule has 1 fully saturated rings. The van der Waals surface area contributed by atoms with Gasteiger partial charge in [0.15, 0.2) is 5.78 Å². The molecule has 202 valence electrons. The zero-order valence-electron chi connectivity index (χ0n) is 22.3. The molecule has 5 rings (SSSR count). The van der Waals surface area contributed by atoms with Gasteiger partial charge in [0.25, 0.3) is 0 Å². The molecule has 2 heterocycles. The highest BCUT2D eigenvalue weighted by Crippen LogP contribution is 2.48. The summed E-state index contributed by atoms with van der Waals surface area (Å²) in [6.45, 7) is 3.24. The number of alkyl halides is 1. The number of ether oxygens (including phenoxy) is 1. The number of ketones is 1. The maximum Gasteiger partial charge on any atom is 0.335 e. The number of carbonyl (C=O) groups is 2. The van der Waals surface area contributed by atoms with E-state index in [0.29, 0.717) is 38.3 Å². The molecule has 1 aromatic heterocycles. The van der Waals surface area contributed by atoms with Crippen LogP contribution in [-0.2, 0) is 11.3 Å². The van der Waals surface area contributed by atoms with Crippen LogP contribution in [0.15, 0.2) is 36.4 Å². The van der Waals surface area contributed by atoms with Crippen molar-refractivity contribution in [3.05, 3.63) is 47.5 Å². The monoisotopic (exact) mass is 521 g/mol. The molecule has 2 N–H and O–H groups in total. The SMILES string of the molecule is CCOc1ccc2c(c1)NC(C(=O)CN(C)C)CCn1c-2c(C2CCCC[C@@H]2F)c2ccc(C(=O)O)cc21. The number of carboxylic acids is 1. The molecule has 3 atom stereocenters. The standard InChI is InChI=1S/C30H36FN3O4/c1-4-38-19-10-12-21-25(16-19)32-24(27(35)17-33(2)3)13-14-34-26-15-18(30(36)37)9-11-22(26)28(29(21)34)20-7-5-6-8-23(20)31/h9-12,15-16,20,23-24,32H,4-8,13-14,17H2,1-3H3,(H,36,37)/t20?,23-,24?/m0/s1. The summed E-state index contributed by atoms with van der Waals surface area (Å²) in [5.74, 6) is -0.511. The zero-order valence-corrected chi connectivity index (χ0v) is 22.3. The average molecular weight is 522 g/mol. The van der Waals surface area contributed by atoms with Crippen molar-refractivity contribution in [3.63, 3.8) is 0 Å². The van der Waals surface area contributed by atoms with Crippen LogP contribution in [0.4, 0.5) is 10.1 Å². The Morgan fingerprint density at radius 2 is 1.92 bits per heavy atom. The molecule has 38 heavy (non-hydrogen) atoms. The Morgan fingerprint density at radius 3 is 2.63 bits per heavy atom. The number of Topliss-reactive ketones (excluding diaryl/α,β-unsaturated/α-hetero) is 1. The van der Waals surface area contributed by atoms with Gasteiger partial charge in [0.05, 0.1) is 30.5 Å². The van der Waals surface area contributed by atoms with Gasteiger partial charge >= 0.3 is 5.97 Å². The molecule has 1 aliphatic heterocycles. The Morgan fingerprint density at radius 1 is 1.13 bits per heavy atom. The number of aromatic carboxylic acids is 1. The Hall–Kier alpha value is -3.39. The van der Waals surface area contributed by atoms with Gasteiger partial charge in [-0.15, -0.1) is 0 Å². The number of rotatable bonds is 7. The fraction of sp³-hybridized carbons (Fsp3) is 0.467. The molecule has 7 nitrogen and oxygen atoms in total. The van der Waals surface area contributed by atoms with Gasteiger partial charge in [0.2, 0.25) is 0 Å². The number of aromatic nitrogens is 1. The van der Waals surface area contributed by atoms with Gasteiger partial charge in [-0.25, -0.2) is 9.18 Å². The maximum atomic E-state index is 15.5. The highest BCUT2D eigenvalue weighted by Gasteiger charge is 2.35. The van der Waals surface area contributed by atoms with Crippen molar-refractivity contribution in [2.24, 2.45) is 0 Å². The molecular weight excluding hydrogens is 485 g/mol. The summed E-state index contributed by atoms with van der Waals surface area (Å²) in [5, 5.41) is 14.1. The van der Waals surface area contributed by atoms with E-state index < -0.39 is 18.2 Å². The molecule has 0 spiro atoms. The number of carboxylic acid groups (broad SMARTS) is 1. The van der Waals surface area contributed by atoms with Crippen LogP contribution in [0.1, 0.15) is 60.9 Å². The quantitative estimate of drug-likeness (QED) is 0.414. The van der Waals surface area contributed by atoms with Crippen LogP contribution in [0.25, 0.3) is 22.2 Å². The highest BCUT2D eigenvalue weighted by atomic mass is 19.1. The molecule has 1 saturated carbocycles. The smallest absolute Gasteiger partial charge is 0.335 e. The van der Waals surface area contributed by atoms with Crippen LogP contribution in [0.3, 0.4) is 0 Å². The van der Waals surface area contributed by atoms with Gasteiger partial charge in [-0.1, -0.05) is 18.9 Å². The molecule has 0 radical (unpaired) electrons. The van der Waals surface area contributed by atoms with E-state index in [9.17, 15) is 14.7 Å². The fourth-order valence-corrected chi connectivity index (χ4v) is 6.11. The molecule has 3 aromatic rings. The van der Waals surface area contributed by atoms with Crippen molar-refractivity contribution in [1.29, 1.82) is 0 Å². The third-order valence-electron chi connectivity index (χ3n) is 7.79. The molecule has 0 saturated heterocycles. The number of fused-ring (bicyclic) bond motifs is 5. The number of likely N-dealkylation sites (N-methyl/N-ethyl adjacent to an activating group) is 1. The van der Waals surface area contributed by atoms with E-state index in [2.05, 4.69) is 9.88 Å². The molecule has 2 aliphatic rings. The Bertz CT molecular complexity index is 1370. The predicted octanol–water partition coefficient (Wildman–Crippen LogP) is 5.72. The van der Waals surface area contributed by atoms with Crippen molar-refractivity contribution in [1.82, 2.24) is 9.47 Å². The zero-order chi connectivity index (χ0) is 27.0. The maximum absolute atomic E-state index is 15.5. The van der Waals surface area contributed by atoms with Crippen LogP contribution in [0.5, 0.6) is 5.75 Å². The summed E-state index contributed by atoms with van der Waals surface area (Å²) in [6, 6.07) is 10.5. The van der Waals surface area contributed by atoms with Gasteiger partial charge in [0.1, 0.15) is 11.9 Å². The fourth-order valence-electron chi connectivity index (χ4n) is 6.11. The topological polar surface area (TPSA) is 83.8 Å². The second-order valence-electron chi connectivity index (χ2n) is 10.7. The third-order valence-corrected chi connectivity index (χ3v) is 7.79. The molecule has 1 aliphatic carbocycles. The van der Waals surface area contributed by atoms with Gasteiger partial charge < -0.3 is 24.6 Å². The van der Waals surface area contributed by atoms with E-state index in [1.54, 1.807) is 12.1 Å². The van der Waals surface area contributed by atoms with Crippen molar-refractivity contribution < 1.29 is 23.8 Å². The Kier molecular flexibility index (Phi) is 7.43. The van der Waals surface area contributed by atoms with Crippen molar-refractivity contribution in [2.45, 2.75) is 63.7 Å². The molecule has 0 amide bonds. The Balaban J connectivity index is 1.77. The summed E-state index contributed by atoms with van der Waals surface area (Å²) in [5.41, 5.74) is 4.44. The number of nitrogens with zero attached hydrogens (tertiary/aromatic N) is 2. The first-order valence-corrected chi connectivity index (χ1v) is 13.5. The lowest BCUT2D eigenvalue weighted by Gasteiger charge is -2.30. The van der Waals surface area contributed by atoms with Crippen LogP contribution in [0, 0.1) is 0 Å². The minimum Gasteiger partial charge on any atom is -0.494 e. The molecule has 8 heteroatoms.